The van der Waals surface area contributed by atoms with Gasteiger partial charge in [0.05, 0.1) is 0 Å². The van der Waals surface area contributed by atoms with Crippen LogP contribution in [0.5, 0.6) is 5.75 Å². The van der Waals surface area contributed by atoms with Crippen LogP contribution in [0.3, 0.4) is 0 Å². The van der Waals surface area contributed by atoms with Gasteiger partial charge in [-0.3, -0.25) is 0 Å². The van der Waals surface area contributed by atoms with Crippen molar-refractivity contribution in [3.63, 3.8) is 0 Å². The van der Waals surface area contributed by atoms with Crippen molar-refractivity contribution in [2.75, 3.05) is 0 Å². The second-order valence-electron chi connectivity index (χ2n) is 5.99. The van der Waals surface area contributed by atoms with Crippen molar-refractivity contribution in [2.24, 2.45) is 0 Å². The smallest absolute Gasteiger partial charge is 0.121 e. The van der Waals surface area contributed by atoms with Crippen LogP contribution in [-0.4, -0.2) is 5.11 Å². The Morgan fingerprint density at radius 3 is 2.27 bits per heavy atom. The van der Waals surface area contributed by atoms with Crippen molar-refractivity contribution in [1.29, 1.82) is 0 Å². The lowest BCUT2D eigenvalue weighted by atomic mass is 10.0. The van der Waals surface area contributed by atoms with Crippen LogP contribution in [0, 0.1) is 13.8 Å². The molecule has 2 aromatic rings. The Balaban J connectivity index is 1.66. The summed E-state index contributed by atoms with van der Waals surface area (Å²) in [7, 11) is 0. The molecule has 0 aliphatic heterocycles. The number of benzene rings is 2. The van der Waals surface area contributed by atoms with E-state index < -0.39 is 0 Å². The lowest BCUT2D eigenvalue weighted by molar-refractivity contribution is 0.466. The van der Waals surface area contributed by atoms with E-state index in [4.69, 9.17) is 0 Å². The van der Waals surface area contributed by atoms with Crippen molar-refractivity contribution in [2.45, 2.75) is 46.0 Å². The predicted molar refractivity (Wildman–Crippen MR) is 95.2 cm³/mol. The highest BCUT2D eigenvalue weighted by molar-refractivity contribution is 5.48. The first-order valence-corrected chi connectivity index (χ1v) is 8.17. The Labute approximate surface area is 134 Å². The first-order chi connectivity index (χ1) is 10.7. The monoisotopic (exact) mass is 294 g/mol. The van der Waals surface area contributed by atoms with Gasteiger partial charge in [-0.25, -0.2) is 0 Å². The number of unbranched alkanes of at least 4 members (excludes halogenated alkanes) is 3. The minimum Gasteiger partial charge on any atom is -0.507 e. The van der Waals surface area contributed by atoms with Gasteiger partial charge in [-0.1, -0.05) is 61.0 Å². The molecule has 116 valence electrons. The number of phenols is 1. The highest BCUT2D eigenvalue weighted by Gasteiger charge is 2.03. The third-order valence-corrected chi connectivity index (χ3v) is 4.00. The fourth-order valence-corrected chi connectivity index (χ4v) is 2.74. The van der Waals surface area contributed by atoms with Crippen molar-refractivity contribution in [3.05, 3.63) is 70.8 Å². The van der Waals surface area contributed by atoms with Crippen LogP contribution in [0.2, 0.25) is 0 Å². The Bertz CT molecular complexity index is 588. The van der Waals surface area contributed by atoms with E-state index in [-0.39, 0.29) is 0 Å². The molecule has 22 heavy (non-hydrogen) atoms. The zero-order valence-corrected chi connectivity index (χ0v) is 13.7. The zero-order chi connectivity index (χ0) is 15.8. The summed E-state index contributed by atoms with van der Waals surface area (Å²) in [4.78, 5) is 0. The van der Waals surface area contributed by atoms with Crippen molar-refractivity contribution < 1.29 is 5.11 Å². The van der Waals surface area contributed by atoms with E-state index in [0.717, 1.165) is 24.0 Å². The molecule has 1 N–H and O–H groups in total. The molecule has 1 nitrogen and oxygen atoms in total. The molecule has 0 fully saturated rings. The Morgan fingerprint density at radius 2 is 1.59 bits per heavy atom. The first kappa shape index (κ1) is 16.4. The third-order valence-electron chi connectivity index (χ3n) is 4.00. The molecule has 0 bridgehead atoms. The number of hydrogen-bond donors (Lipinski definition) is 1. The minimum atomic E-state index is 0.440. The zero-order valence-electron chi connectivity index (χ0n) is 13.7. The van der Waals surface area contributed by atoms with Crippen LogP contribution in [0.25, 0.3) is 6.08 Å². The van der Waals surface area contributed by atoms with Gasteiger partial charge in [0.15, 0.2) is 0 Å². The fraction of sp³-hybridized carbons (Fsp3) is 0.333. The molecule has 0 radical (unpaired) electrons. The maximum atomic E-state index is 9.79. The molecule has 0 atom stereocenters. The van der Waals surface area contributed by atoms with Crippen LogP contribution in [0.1, 0.15) is 47.9 Å². The lowest BCUT2D eigenvalue weighted by Gasteiger charge is -2.07. The van der Waals surface area contributed by atoms with E-state index in [2.05, 4.69) is 48.6 Å². The number of phenolic OH excluding ortho intramolecular Hbond substituents is 1. The summed E-state index contributed by atoms with van der Waals surface area (Å²) in [6, 6.07) is 14.7. The number of aryl methyl sites for hydroxylation is 3. The molecule has 0 heterocycles. The molecule has 0 saturated heterocycles. The summed E-state index contributed by atoms with van der Waals surface area (Å²) >= 11 is 0. The SMILES string of the molecule is Cc1cc(CCCCC/C=C/c2ccccc2)cc(C)c1O. The van der Waals surface area contributed by atoms with Gasteiger partial charge in [0, 0.05) is 0 Å². The van der Waals surface area contributed by atoms with Gasteiger partial charge in [0.25, 0.3) is 0 Å². The molecule has 0 amide bonds. The molecule has 0 spiro atoms. The van der Waals surface area contributed by atoms with Gasteiger partial charge in [-0.05, 0) is 61.8 Å². The van der Waals surface area contributed by atoms with Gasteiger partial charge < -0.3 is 5.11 Å². The summed E-state index contributed by atoms with van der Waals surface area (Å²) in [6.45, 7) is 3.94. The quantitative estimate of drug-likeness (QED) is 0.637. The standard InChI is InChI=1S/C21H26O/c1-17-15-20(16-18(2)21(17)22)14-8-5-3-4-7-11-19-12-9-6-10-13-19/h6-7,9-13,15-16,22H,3-5,8,14H2,1-2H3/b11-7+. The van der Waals surface area contributed by atoms with Gasteiger partial charge in [-0.2, -0.15) is 0 Å². The third kappa shape index (κ3) is 5.07. The summed E-state index contributed by atoms with van der Waals surface area (Å²) in [5.41, 5.74) is 4.59. The highest BCUT2D eigenvalue weighted by Crippen LogP contribution is 2.23. The highest BCUT2D eigenvalue weighted by atomic mass is 16.3. The van der Waals surface area contributed by atoms with Gasteiger partial charge in [0.1, 0.15) is 5.75 Å². The molecule has 2 aromatic carbocycles. The first-order valence-electron chi connectivity index (χ1n) is 8.17. The Hall–Kier alpha value is -2.02. The summed E-state index contributed by atoms with van der Waals surface area (Å²) in [5, 5.41) is 9.79. The topological polar surface area (TPSA) is 20.2 Å². The summed E-state index contributed by atoms with van der Waals surface area (Å²) < 4.78 is 0. The molecule has 0 saturated carbocycles. The minimum absolute atomic E-state index is 0.440. The van der Waals surface area contributed by atoms with E-state index >= 15 is 0 Å². The summed E-state index contributed by atoms with van der Waals surface area (Å²) in [6.07, 6.45) is 10.4. The van der Waals surface area contributed by atoms with Gasteiger partial charge >= 0.3 is 0 Å². The van der Waals surface area contributed by atoms with Crippen molar-refractivity contribution in [1.82, 2.24) is 0 Å². The molecule has 0 aliphatic carbocycles. The lowest BCUT2D eigenvalue weighted by Crippen LogP contribution is -1.90. The van der Waals surface area contributed by atoms with Crippen LogP contribution in [0.15, 0.2) is 48.5 Å². The number of rotatable bonds is 7. The van der Waals surface area contributed by atoms with E-state index in [1.54, 1.807) is 0 Å². The maximum Gasteiger partial charge on any atom is 0.121 e. The van der Waals surface area contributed by atoms with E-state index in [0.29, 0.717) is 5.75 Å². The van der Waals surface area contributed by atoms with E-state index in [9.17, 15) is 5.11 Å². The van der Waals surface area contributed by atoms with Gasteiger partial charge in [-0.15, -0.1) is 0 Å². The normalized spacial score (nSPS) is 11.2. The largest absolute Gasteiger partial charge is 0.507 e. The molecule has 2 rings (SSSR count). The molecule has 1 heteroatoms. The average Bonchev–Trinajstić information content (AvgIpc) is 2.52. The number of aromatic hydroxyl groups is 1. The fourth-order valence-electron chi connectivity index (χ4n) is 2.74. The Kier molecular flexibility index (Phi) is 6.27. The molecule has 0 aromatic heterocycles. The number of hydrogen-bond acceptors (Lipinski definition) is 1. The molecular weight excluding hydrogens is 268 g/mol. The average molecular weight is 294 g/mol. The second-order valence-corrected chi connectivity index (χ2v) is 5.99. The maximum absolute atomic E-state index is 9.79. The van der Waals surface area contributed by atoms with Gasteiger partial charge in [0.2, 0.25) is 0 Å². The molecule has 0 unspecified atom stereocenters. The second kappa shape index (κ2) is 8.43. The van der Waals surface area contributed by atoms with Crippen molar-refractivity contribution >= 4 is 6.08 Å². The van der Waals surface area contributed by atoms with Crippen molar-refractivity contribution in [3.8, 4) is 5.75 Å². The molecular formula is C21H26O. The van der Waals surface area contributed by atoms with Crippen LogP contribution in [-0.2, 0) is 6.42 Å². The Morgan fingerprint density at radius 1 is 0.909 bits per heavy atom. The van der Waals surface area contributed by atoms with Crippen LogP contribution >= 0.6 is 0 Å². The van der Waals surface area contributed by atoms with E-state index in [1.165, 1.54) is 30.4 Å². The number of allylic oxidation sites excluding steroid dienone is 1. The molecule has 0 aliphatic rings. The van der Waals surface area contributed by atoms with Crippen LogP contribution < -0.4 is 0 Å². The van der Waals surface area contributed by atoms with E-state index in [1.807, 2.05) is 19.9 Å². The summed E-state index contributed by atoms with van der Waals surface area (Å²) in [5.74, 6) is 0.440. The predicted octanol–water partition coefficient (Wildman–Crippen LogP) is 5.83. The van der Waals surface area contributed by atoms with Crippen LogP contribution in [0.4, 0.5) is 0 Å².